The SMILES string of the molecule is CCOC(=O)OCc1c(C)cnc2cc(C)c(Oc3ccc(OC(F)(F)F)cc3)cc12. The fraction of sp³-hybridized carbons (Fsp3) is 0.273. The molecule has 0 aliphatic carbocycles. The van der Waals surface area contributed by atoms with E-state index in [9.17, 15) is 18.0 Å². The van der Waals surface area contributed by atoms with Crippen LogP contribution in [0.15, 0.2) is 42.6 Å². The Morgan fingerprint density at radius 2 is 1.68 bits per heavy atom. The topological polar surface area (TPSA) is 66.9 Å². The zero-order valence-corrected chi connectivity index (χ0v) is 17.1. The Morgan fingerprint density at radius 1 is 1.00 bits per heavy atom. The Bertz CT molecular complexity index is 1080. The molecule has 3 rings (SSSR count). The molecule has 1 heterocycles. The Kier molecular flexibility index (Phi) is 6.53. The van der Waals surface area contributed by atoms with Crippen molar-refractivity contribution in [2.24, 2.45) is 0 Å². The molecule has 0 spiro atoms. The molecule has 1 aromatic heterocycles. The number of carbonyl (C=O) groups excluding carboxylic acids is 1. The number of fused-ring (bicyclic) bond motifs is 1. The molecule has 0 saturated carbocycles. The zero-order chi connectivity index (χ0) is 22.6. The Balaban J connectivity index is 1.88. The summed E-state index contributed by atoms with van der Waals surface area (Å²) < 4.78 is 56.6. The van der Waals surface area contributed by atoms with Gasteiger partial charge in [-0.1, -0.05) is 0 Å². The third-order valence-corrected chi connectivity index (χ3v) is 4.37. The minimum atomic E-state index is -4.76. The van der Waals surface area contributed by atoms with Crippen LogP contribution in [0.5, 0.6) is 17.2 Å². The molecule has 31 heavy (non-hydrogen) atoms. The van der Waals surface area contributed by atoms with E-state index < -0.39 is 12.5 Å². The maximum Gasteiger partial charge on any atom is 0.573 e. The van der Waals surface area contributed by atoms with Gasteiger partial charge in [-0.15, -0.1) is 13.2 Å². The van der Waals surface area contributed by atoms with Gasteiger partial charge in [0.25, 0.3) is 0 Å². The second kappa shape index (κ2) is 9.11. The maximum atomic E-state index is 12.3. The van der Waals surface area contributed by atoms with E-state index in [0.717, 1.165) is 22.1 Å². The number of rotatable bonds is 6. The number of halogens is 3. The van der Waals surface area contributed by atoms with Gasteiger partial charge in [0.15, 0.2) is 0 Å². The number of benzene rings is 2. The molecule has 0 aliphatic rings. The molecule has 0 fully saturated rings. The highest BCUT2D eigenvalue weighted by Gasteiger charge is 2.31. The number of pyridine rings is 1. The summed E-state index contributed by atoms with van der Waals surface area (Å²) in [5.41, 5.74) is 3.03. The van der Waals surface area contributed by atoms with Crippen molar-refractivity contribution in [1.82, 2.24) is 4.98 Å². The molecule has 0 atom stereocenters. The van der Waals surface area contributed by atoms with Crippen LogP contribution in [0.1, 0.15) is 23.6 Å². The van der Waals surface area contributed by atoms with Crippen molar-refractivity contribution in [2.75, 3.05) is 6.61 Å². The molecule has 0 unspecified atom stereocenters. The first-order chi connectivity index (χ1) is 14.7. The molecule has 0 amide bonds. The van der Waals surface area contributed by atoms with Gasteiger partial charge in [-0.2, -0.15) is 0 Å². The smallest absolute Gasteiger partial charge is 0.457 e. The van der Waals surface area contributed by atoms with Crippen LogP contribution in [0.3, 0.4) is 0 Å². The summed E-state index contributed by atoms with van der Waals surface area (Å²) in [5.74, 6) is 0.483. The van der Waals surface area contributed by atoms with E-state index in [1.165, 1.54) is 24.3 Å². The highest BCUT2D eigenvalue weighted by molar-refractivity contribution is 5.85. The lowest BCUT2D eigenvalue weighted by Crippen LogP contribution is -2.16. The molecule has 2 aromatic carbocycles. The van der Waals surface area contributed by atoms with Crippen LogP contribution in [0.4, 0.5) is 18.0 Å². The van der Waals surface area contributed by atoms with Crippen LogP contribution >= 0.6 is 0 Å². The van der Waals surface area contributed by atoms with Crippen LogP contribution in [0.25, 0.3) is 10.9 Å². The van der Waals surface area contributed by atoms with Crippen LogP contribution < -0.4 is 9.47 Å². The summed E-state index contributed by atoms with van der Waals surface area (Å²) in [7, 11) is 0. The second-order valence-corrected chi connectivity index (χ2v) is 6.65. The largest absolute Gasteiger partial charge is 0.573 e. The van der Waals surface area contributed by atoms with E-state index in [1.807, 2.05) is 19.9 Å². The lowest BCUT2D eigenvalue weighted by atomic mass is 10.0. The van der Waals surface area contributed by atoms with Crippen LogP contribution in [0, 0.1) is 13.8 Å². The van der Waals surface area contributed by atoms with E-state index in [4.69, 9.17) is 14.2 Å². The predicted molar refractivity (Wildman–Crippen MR) is 106 cm³/mol. The standard InChI is InChI=1S/C22H20F3NO5/c1-4-28-21(27)29-12-18-14(3)11-26-19-9-13(2)20(10-17(18)19)30-15-5-7-16(8-6-15)31-22(23,24)25/h5-11H,4,12H2,1-3H3. The van der Waals surface area contributed by atoms with Gasteiger partial charge in [0.05, 0.1) is 12.1 Å². The summed E-state index contributed by atoms with van der Waals surface area (Å²) in [4.78, 5) is 16.0. The van der Waals surface area contributed by atoms with Crippen molar-refractivity contribution in [3.63, 3.8) is 0 Å². The van der Waals surface area contributed by atoms with E-state index in [0.29, 0.717) is 17.0 Å². The Morgan fingerprint density at radius 3 is 2.32 bits per heavy atom. The van der Waals surface area contributed by atoms with Crippen molar-refractivity contribution in [2.45, 2.75) is 33.7 Å². The van der Waals surface area contributed by atoms with Crippen molar-refractivity contribution >= 4 is 17.1 Å². The third kappa shape index (κ3) is 5.78. The molecule has 6 nitrogen and oxygen atoms in total. The van der Waals surface area contributed by atoms with Gasteiger partial charge >= 0.3 is 12.5 Å². The van der Waals surface area contributed by atoms with Gasteiger partial charge in [-0.3, -0.25) is 4.98 Å². The molecule has 164 valence electrons. The number of nitrogens with zero attached hydrogens (tertiary/aromatic N) is 1. The Hall–Kier alpha value is -3.49. The molecule has 0 N–H and O–H groups in total. The average Bonchev–Trinajstić information content (AvgIpc) is 2.69. The van der Waals surface area contributed by atoms with Crippen molar-refractivity contribution in [1.29, 1.82) is 0 Å². The third-order valence-electron chi connectivity index (χ3n) is 4.37. The second-order valence-electron chi connectivity index (χ2n) is 6.65. The number of carbonyl (C=O) groups is 1. The van der Waals surface area contributed by atoms with Crippen LogP contribution in [0.2, 0.25) is 0 Å². The first-order valence-electron chi connectivity index (χ1n) is 9.38. The number of aromatic nitrogens is 1. The van der Waals surface area contributed by atoms with Gasteiger partial charge in [0.2, 0.25) is 0 Å². The quantitative estimate of drug-likeness (QED) is 0.429. The minimum Gasteiger partial charge on any atom is -0.457 e. The van der Waals surface area contributed by atoms with E-state index in [-0.39, 0.29) is 19.0 Å². The molecule has 9 heteroatoms. The fourth-order valence-corrected chi connectivity index (χ4v) is 2.91. The number of ether oxygens (including phenoxy) is 4. The summed E-state index contributed by atoms with van der Waals surface area (Å²) in [6.45, 7) is 5.55. The molecule has 0 bridgehead atoms. The molecular formula is C22H20F3NO5. The fourth-order valence-electron chi connectivity index (χ4n) is 2.91. The number of alkyl halides is 3. The van der Waals surface area contributed by atoms with E-state index in [2.05, 4.69) is 9.72 Å². The van der Waals surface area contributed by atoms with Crippen LogP contribution in [-0.2, 0) is 16.1 Å². The predicted octanol–water partition coefficient (Wildman–Crippen LogP) is 6.22. The maximum absolute atomic E-state index is 12.3. The highest BCUT2D eigenvalue weighted by Crippen LogP contribution is 2.33. The van der Waals surface area contributed by atoms with E-state index in [1.54, 1.807) is 19.2 Å². The van der Waals surface area contributed by atoms with Gasteiger partial charge in [-0.25, -0.2) is 4.79 Å². The lowest BCUT2D eigenvalue weighted by molar-refractivity contribution is -0.274. The number of aryl methyl sites for hydroxylation is 2. The number of hydrogen-bond acceptors (Lipinski definition) is 6. The van der Waals surface area contributed by atoms with Gasteiger partial charge < -0.3 is 18.9 Å². The van der Waals surface area contributed by atoms with Gasteiger partial charge in [-0.05, 0) is 68.3 Å². The summed E-state index contributed by atoms with van der Waals surface area (Å²) in [5, 5.41) is 0.724. The lowest BCUT2D eigenvalue weighted by Gasteiger charge is -2.14. The van der Waals surface area contributed by atoms with Crippen molar-refractivity contribution < 1.29 is 36.9 Å². The first kappa shape index (κ1) is 22.2. The van der Waals surface area contributed by atoms with Crippen LogP contribution in [-0.4, -0.2) is 24.1 Å². The van der Waals surface area contributed by atoms with Crippen molar-refractivity contribution in [3.05, 3.63) is 59.3 Å². The summed E-state index contributed by atoms with van der Waals surface area (Å²) >= 11 is 0. The molecular weight excluding hydrogens is 415 g/mol. The van der Waals surface area contributed by atoms with E-state index >= 15 is 0 Å². The molecule has 0 radical (unpaired) electrons. The normalized spacial score (nSPS) is 11.3. The van der Waals surface area contributed by atoms with Crippen molar-refractivity contribution in [3.8, 4) is 17.2 Å². The minimum absolute atomic E-state index is 0.00430. The first-order valence-corrected chi connectivity index (χ1v) is 9.38. The summed E-state index contributed by atoms with van der Waals surface area (Å²) in [6, 6.07) is 8.68. The average molecular weight is 435 g/mol. The van der Waals surface area contributed by atoms with Gasteiger partial charge in [0.1, 0.15) is 23.9 Å². The highest BCUT2D eigenvalue weighted by atomic mass is 19.4. The summed E-state index contributed by atoms with van der Waals surface area (Å²) in [6.07, 6.45) is -3.84. The Labute approximate surface area is 176 Å². The monoisotopic (exact) mass is 435 g/mol. The molecule has 3 aromatic rings. The number of hydrogen-bond donors (Lipinski definition) is 0. The molecule has 0 aliphatic heterocycles. The zero-order valence-electron chi connectivity index (χ0n) is 17.1. The van der Waals surface area contributed by atoms with Gasteiger partial charge in [0, 0.05) is 17.1 Å². The molecule has 0 saturated heterocycles.